The summed E-state index contributed by atoms with van der Waals surface area (Å²) in [6.45, 7) is 7.92. The van der Waals surface area contributed by atoms with Gasteiger partial charge in [-0.25, -0.2) is 0 Å². The number of para-hydroxylation sites is 1. The van der Waals surface area contributed by atoms with Crippen LogP contribution in [0.4, 0.5) is 5.69 Å². The molecule has 0 saturated carbocycles. The standard InChI is InChI=1S/C14H24N2/c1-13(2)12-16(3)11-7-10-15-14-8-5-4-6-9-14/h4-6,8-9,13,15H,7,10-12H2,1-3H3. The van der Waals surface area contributed by atoms with E-state index in [9.17, 15) is 0 Å². The summed E-state index contributed by atoms with van der Waals surface area (Å²) >= 11 is 0. The Bertz CT molecular complexity index is 269. The van der Waals surface area contributed by atoms with Gasteiger partial charge in [-0.05, 0) is 38.1 Å². The third-order valence-electron chi connectivity index (χ3n) is 2.50. The molecule has 0 amide bonds. The minimum absolute atomic E-state index is 0.757. The Labute approximate surface area is 99.7 Å². The molecule has 0 bridgehead atoms. The maximum Gasteiger partial charge on any atom is 0.0340 e. The molecule has 1 aromatic carbocycles. The molecule has 0 unspecified atom stereocenters. The van der Waals surface area contributed by atoms with Crippen molar-refractivity contribution in [2.75, 3.05) is 32.0 Å². The van der Waals surface area contributed by atoms with Crippen LogP contribution >= 0.6 is 0 Å². The van der Waals surface area contributed by atoms with Crippen LogP contribution in [0.3, 0.4) is 0 Å². The van der Waals surface area contributed by atoms with Crippen LogP contribution in [-0.2, 0) is 0 Å². The highest BCUT2D eigenvalue weighted by Gasteiger charge is 2.00. The molecule has 0 atom stereocenters. The molecule has 0 aliphatic heterocycles. The monoisotopic (exact) mass is 220 g/mol. The molecule has 1 aromatic rings. The fourth-order valence-corrected chi connectivity index (χ4v) is 1.85. The van der Waals surface area contributed by atoms with Gasteiger partial charge in [-0.1, -0.05) is 32.0 Å². The maximum atomic E-state index is 3.43. The number of anilines is 1. The maximum absolute atomic E-state index is 3.43. The zero-order valence-corrected chi connectivity index (χ0v) is 10.7. The van der Waals surface area contributed by atoms with E-state index in [0.29, 0.717) is 0 Å². The summed E-state index contributed by atoms with van der Waals surface area (Å²) in [5.74, 6) is 0.757. The molecule has 0 radical (unpaired) electrons. The highest BCUT2D eigenvalue weighted by Crippen LogP contribution is 2.04. The SMILES string of the molecule is CC(C)CN(C)CCCNc1ccccc1. The Morgan fingerprint density at radius 3 is 2.50 bits per heavy atom. The van der Waals surface area contributed by atoms with Gasteiger partial charge in [0.2, 0.25) is 0 Å². The van der Waals surface area contributed by atoms with Crippen LogP contribution in [0.1, 0.15) is 20.3 Å². The lowest BCUT2D eigenvalue weighted by molar-refractivity contribution is 0.295. The summed E-state index contributed by atoms with van der Waals surface area (Å²) in [5.41, 5.74) is 1.22. The van der Waals surface area contributed by atoms with Crippen molar-refractivity contribution in [3.8, 4) is 0 Å². The highest BCUT2D eigenvalue weighted by atomic mass is 15.1. The van der Waals surface area contributed by atoms with Gasteiger partial charge in [0, 0.05) is 18.8 Å². The van der Waals surface area contributed by atoms with E-state index >= 15 is 0 Å². The van der Waals surface area contributed by atoms with E-state index in [2.05, 4.69) is 55.4 Å². The van der Waals surface area contributed by atoms with Crippen LogP contribution in [0.15, 0.2) is 30.3 Å². The third-order valence-corrected chi connectivity index (χ3v) is 2.50. The summed E-state index contributed by atoms with van der Waals surface area (Å²) in [6, 6.07) is 10.4. The quantitative estimate of drug-likeness (QED) is 0.710. The van der Waals surface area contributed by atoms with Gasteiger partial charge in [0.15, 0.2) is 0 Å². The zero-order valence-electron chi connectivity index (χ0n) is 10.7. The number of nitrogens with one attached hydrogen (secondary N) is 1. The molecule has 0 aromatic heterocycles. The minimum Gasteiger partial charge on any atom is -0.385 e. The number of rotatable bonds is 7. The molecule has 2 nitrogen and oxygen atoms in total. The molecular weight excluding hydrogens is 196 g/mol. The minimum atomic E-state index is 0.757. The van der Waals surface area contributed by atoms with Crippen molar-refractivity contribution < 1.29 is 0 Å². The van der Waals surface area contributed by atoms with Crippen molar-refractivity contribution >= 4 is 5.69 Å². The van der Waals surface area contributed by atoms with E-state index in [-0.39, 0.29) is 0 Å². The molecule has 90 valence electrons. The Morgan fingerprint density at radius 2 is 1.88 bits per heavy atom. The second-order valence-corrected chi connectivity index (χ2v) is 4.80. The molecule has 0 saturated heterocycles. The summed E-state index contributed by atoms with van der Waals surface area (Å²) in [4.78, 5) is 2.40. The van der Waals surface area contributed by atoms with Crippen LogP contribution in [0, 0.1) is 5.92 Å². The summed E-state index contributed by atoms with van der Waals surface area (Å²) in [5, 5.41) is 3.43. The van der Waals surface area contributed by atoms with Crippen LogP contribution < -0.4 is 5.32 Å². The van der Waals surface area contributed by atoms with Crippen molar-refractivity contribution in [2.45, 2.75) is 20.3 Å². The van der Waals surface area contributed by atoms with Crippen LogP contribution in [0.2, 0.25) is 0 Å². The summed E-state index contributed by atoms with van der Waals surface area (Å²) in [7, 11) is 2.20. The predicted octanol–water partition coefficient (Wildman–Crippen LogP) is 3.08. The Balaban J connectivity index is 2.08. The van der Waals surface area contributed by atoms with E-state index < -0.39 is 0 Å². The third kappa shape index (κ3) is 5.76. The van der Waals surface area contributed by atoms with Crippen molar-refractivity contribution in [1.82, 2.24) is 4.90 Å². The molecule has 0 aliphatic rings. The second kappa shape index (κ2) is 7.29. The fourth-order valence-electron chi connectivity index (χ4n) is 1.85. The van der Waals surface area contributed by atoms with E-state index in [0.717, 1.165) is 19.0 Å². The first-order valence-corrected chi connectivity index (χ1v) is 6.16. The van der Waals surface area contributed by atoms with Gasteiger partial charge in [0.05, 0.1) is 0 Å². The first kappa shape index (κ1) is 13.0. The lowest BCUT2D eigenvalue weighted by Crippen LogP contribution is -2.25. The molecule has 16 heavy (non-hydrogen) atoms. The predicted molar refractivity (Wildman–Crippen MR) is 71.9 cm³/mol. The van der Waals surface area contributed by atoms with Gasteiger partial charge in [-0.2, -0.15) is 0 Å². The van der Waals surface area contributed by atoms with Crippen molar-refractivity contribution in [3.05, 3.63) is 30.3 Å². The average Bonchev–Trinajstić information content (AvgIpc) is 2.25. The Kier molecular flexibility index (Phi) is 5.94. The van der Waals surface area contributed by atoms with E-state index in [1.54, 1.807) is 0 Å². The largest absolute Gasteiger partial charge is 0.385 e. The first-order chi connectivity index (χ1) is 7.68. The second-order valence-electron chi connectivity index (χ2n) is 4.80. The van der Waals surface area contributed by atoms with Gasteiger partial charge >= 0.3 is 0 Å². The van der Waals surface area contributed by atoms with Gasteiger partial charge < -0.3 is 10.2 Å². The van der Waals surface area contributed by atoms with Crippen molar-refractivity contribution in [2.24, 2.45) is 5.92 Å². The van der Waals surface area contributed by atoms with Crippen LogP contribution in [0.5, 0.6) is 0 Å². The molecule has 0 aliphatic carbocycles. The molecule has 0 fully saturated rings. The van der Waals surface area contributed by atoms with Gasteiger partial charge in [-0.15, -0.1) is 0 Å². The molecule has 1 rings (SSSR count). The molecule has 0 heterocycles. The molecule has 2 heteroatoms. The number of hydrogen-bond donors (Lipinski definition) is 1. The molecular formula is C14H24N2. The lowest BCUT2D eigenvalue weighted by Gasteiger charge is -2.18. The smallest absolute Gasteiger partial charge is 0.0340 e. The van der Waals surface area contributed by atoms with E-state index in [1.807, 2.05) is 6.07 Å². The summed E-state index contributed by atoms with van der Waals surface area (Å²) in [6.07, 6.45) is 1.19. The molecule has 0 spiro atoms. The number of nitrogens with zero attached hydrogens (tertiary/aromatic N) is 1. The lowest BCUT2D eigenvalue weighted by atomic mass is 10.2. The fraction of sp³-hybridized carbons (Fsp3) is 0.571. The van der Waals surface area contributed by atoms with E-state index in [4.69, 9.17) is 0 Å². The summed E-state index contributed by atoms with van der Waals surface area (Å²) < 4.78 is 0. The van der Waals surface area contributed by atoms with Gasteiger partial charge in [0.1, 0.15) is 0 Å². The number of hydrogen-bond acceptors (Lipinski definition) is 2. The van der Waals surface area contributed by atoms with E-state index in [1.165, 1.54) is 18.7 Å². The highest BCUT2D eigenvalue weighted by molar-refractivity contribution is 5.42. The normalized spacial score (nSPS) is 11.1. The average molecular weight is 220 g/mol. The van der Waals surface area contributed by atoms with Crippen molar-refractivity contribution in [1.29, 1.82) is 0 Å². The van der Waals surface area contributed by atoms with Crippen molar-refractivity contribution in [3.63, 3.8) is 0 Å². The Hall–Kier alpha value is -1.02. The van der Waals surface area contributed by atoms with Gasteiger partial charge in [-0.3, -0.25) is 0 Å². The molecule has 1 N–H and O–H groups in total. The van der Waals surface area contributed by atoms with Gasteiger partial charge in [0.25, 0.3) is 0 Å². The topological polar surface area (TPSA) is 15.3 Å². The van der Waals surface area contributed by atoms with Crippen LogP contribution in [0.25, 0.3) is 0 Å². The Morgan fingerprint density at radius 1 is 1.19 bits per heavy atom. The zero-order chi connectivity index (χ0) is 11.8. The first-order valence-electron chi connectivity index (χ1n) is 6.16. The van der Waals surface area contributed by atoms with Crippen LogP contribution in [-0.4, -0.2) is 31.6 Å². The number of benzene rings is 1.